The Morgan fingerprint density at radius 3 is 2.52 bits per heavy atom. The normalized spacial score (nSPS) is 24.5. The monoisotopic (exact) mass is 316 g/mol. The van der Waals surface area contributed by atoms with Gasteiger partial charge < -0.3 is 15.8 Å². The summed E-state index contributed by atoms with van der Waals surface area (Å²) in [6.07, 6.45) is 4.10. The Morgan fingerprint density at radius 1 is 1.43 bits per heavy atom. The van der Waals surface area contributed by atoms with Crippen LogP contribution in [-0.2, 0) is 4.74 Å². The minimum Gasteiger partial charge on any atom is -0.443 e. The number of aromatic nitrogens is 1. The van der Waals surface area contributed by atoms with Gasteiger partial charge in [0.05, 0.1) is 5.56 Å². The average Bonchev–Trinajstić information content (AvgIpc) is 2.48. The first-order valence-corrected chi connectivity index (χ1v) is 7.87. The number of nitrogens with zero attached hydrogens (tertiary/aromatic N) is 2. The lowest BCUT2D eigenvalue weighted by atomic mass is 9.67. The molecule has 0 aliphatic heterocycles. The number of nitriles is 1. The van der Waals surface area contributed by atoms with Crippen LogP contribution in [0, 0.1) is 16.7 Å². The fourth-order valence-electron chi connectivity index (χ4n) is 3.18. The second-order valence-corrected chi connectivity index (χ2v) is 7.13. The number of rotatable bonds is 3. The van der Waals surface area contributed by atoms with Crippen molar-refractivity contribution in [2.75, 3.05) is 5.32 Å². The number of nitrogens with two attached hydrogens (primary N) is 1. The number of hydrogen-bond donors (Lipinski definition) is 2. The summed E-state index contributed by atoms with van der Waals surface area (Å²) in [4.78, 5) is 15.5. The maximum absolute atomic E-state index is 11.3. The number of amides is 1. The molecule has 6 nitrogen and oxygen atoms in total. The average molecular weight is 316 g/mol. The molecule has 1 amide bonds. The smallest absolute Gasteiger partial charge is 0.405 e. The van der Waals surface area contributed by atoms with E-state index in [0.717, 1.165) is 31.5 Å². The maximum atomic E-state index is 11.3. The topological polar surface area (TPSA) is 101 Å². The lowest BCUT2D eigenvalue weighted by molar-refractivity contribution is -0.0905. The Kier molecular flexibility index (Phi) is 4.79. The van der Waals surface area contributed by atoms with Gasteiger partial charge in [0.1, 0.15) is 17.5 Å². The maximum Gasteiger partial charge on any atom is 0.405 e. The molecule has 23 heavy (non-hydrogen) atoms. The molecular formula is C17H24N4O2. The van der Waals surface area contributed by atoms with Gasteiger partial charge in [0.25, 0.3) is 0 Å². The highest BCUT2D eigenvalue weighted by Crippen LogP contribution is 2.45. The van der Waals surface area contributed by atoms with E-state index in [2.05, 4.69) is 37.1 Å². The van der Waals surface area contributed by atoms with E-state index in [1.54, 1.807) is 12.3 Å². The highest BCUT2D eigenvalue weighted by molar-refractivity contribution is 5.65. The molecule has 0 aromatic carbocycles. The number of carbonyl (C=O) groups is 1. The molecule has 1 aromatic rings. The Bertz CT molecular complexity index is 591. The summed E-state index contributed by atoms with van der Waals surface area (Å²) in [5.74, 6) is 0.757. The number of hydrogen-bond acceptors (Lipinski definition) is 5. The van der Waals surface area contributed by atoms with Crippen molar-refractivity contribution in [2.45, 2.75) is 58.1 Å². The van der Waals surface area contributed by atoms with Crippen molar-refractivity contribution in [3.8, 4) is 6.07 Å². The van der Waals surface area contributed by atoms with Gasteiger partial charge >= 0.3 is 6.09 Å². The SMILES string of the molecule is CC(C)(C)C1(OC(N)=O)CCC(Nc2ccc(C#N)cn2)CC1. The predicted octanol–water partition coefficient (Wildman–Crippen LogP) is 3.19. The third-order valence-electron chi connectivity index (χ3n) is 4.70. The summed E-state index contributed by atoms with van der Waals surface area (Å²) >= 11 is 0. The fraction of sp³-hybridized carbons (Fsp3) is 0.588. The standard InChI is InChI=1S/C17H24N4O2/c1-16(2,3)17(23-15(19)22)8-6-13(7-9-17)21-14-5-4-12(10-18)11-20-14/h4-5,11,13H,6-9H2,1-3H3,(H2,19,22)(H,20,21). The Balaban J connectivity index is 2.01. The summed E-state index contributed by atoms with van der Waals surface area (Å²) in [5, 5.41) is 12.2. The molecule has 0 saturated heterocycles. The number of primary amides is 1. The van der Waals surface area contributed by atoms with Crippen molar-refractivity contribution in [3.63, 3.8) is 0 Å². The molecule has 2 rings (SSSR count). The molecule has 0 spiro atoms. The van der Waals surface area contributed by atoms with Gasteiger partial charge in [0.2, 0.25) is 0 Å². The van der Waals surface area contributed by atoms with Gasteiger partial charge in [-0.3, -0.25) is 0 Å². The lowest BCUT2D eigenvalue weighted by Crippen LogP contribution is -2.51. The number of carbonyl (C=O) groups excluding carboxylic acids is 1. The van der Waals surface area contributed by atoms with Crippen molar-refractivity contribution in [3.05, 3.63) is 23.9 Å². The third-order valence-corrected chi connectivity index (χ3v) is 4.70. The van der Waals surface area contributed by atoms with Crippen LogP contribution in [0.25, 0.3) is 0 Å². The molecule has 0 radical (unpaired) electrons. The molecule has 3 N–H and O–H groups in total. The predicted molar refractivity (Wildman–Crippen MR) is 87.7 cm³/mol. The van der Waals surface area contributed by atoms with E-state index in [9.17, 15) is 4.79 Å². The summed E-state index contributed by atoms with van der Waals surface area (Å²) in [6.45, 7) is 6.23. The van der Waals surface area contributed by atoms with Crippen molar-refractivity contribution >= 4 is 11.9 Å². The second-order valence-electron chi connectivity index (χ2n) is 7.13. The van der Waals surface area contributed by atoms with Crippen LogP contribution in [0.4, 0.5) is 10.6 Å². The molecule has 6 heteroatoms. The highest BCUT2D eigenvalue weighted by Gasteiger charge is 2.47. The van der Waals surface area contributed by atoms with Gasteiger partial charge in [-0.2, -0.15) is 5.26 Å². The minimum atomic E-state index is -0.708. The van der Waals surface area contributed by atoms with E-state index in [1.165, 1.54) is 0 Å². The van der Waals surface area contributed by atoms with Crippen LogP contribution >= 0.6 is 0 Å². The van der Waals surface area contributed by atoms with Gasteiger partial charge in [0, 0.05) is 17.7 Å². The first-order valence-electron chi connectivity index (χ1n) is 7.87. The van der Waals surface area contributed by atoms with Gasteiger partial charge in [-0.1, -0.05) is 20.8 Å². The van der Waals surface area contributed by atoms with Crippen molar-refractivity contribution < 1.29 is 9.53 Å². The van der Waals surface area contributed by atoms with Gasteiger partial charge in [-0.25, -0.2) is 9.78 Å². The van der Waals surface area contributed by atoms with E-state index < -0.39 is 11.7 Å². The van der Waals surface area contributed by atoms with Gasteiger partial charge in [-0.15, -0.1) is 0 Å². The van der Waals surface area contributed by atoms with E-state index in [1.807, 2.05) is 6.07 Å². The van der Waals surface area contributed by atoms with E-state index >= 15 is 0 Å². The molecular weight excluding hydrogens is 292 g/mol. The van der Waals surface area contributed by atoms with E-state index in [0.29, 0.717) is 5.56 Å². The molecule has 1 aromatic heterocycles. The molecule has 0 atom stereocenters. The van der Waals surface area contributed by atoms with Crippen LogP contribution in [-0.4, -0.2) is 22.7 Å². The minimum absolute atomic E-state index is 0.167. The highest BCUT2D eigenvalue weighted by atomic mass is 16.6. The lowest BCUT2D eigenvalue weighted by Gasteiger charge is -2.47. The van der Waals surface area contributed by atoms with Crippen molar-refractivity contribution in [1.29, 1.82) is 5.26 Å². The summed E-state index contributed by atoms with van der Waals surface area (Å²) < 4.78 is 5.53. The zero-order valence-corrected chi connectivity index (χ0v) is 13.9. The number of ether oxygens (including phenoxy) is 1. The van der Waals surface area contributed by atoms with Crippen LogP contribution < -0.4 is 11.1 Å². The molecule has 1 aliphatic rings. The molecule has 1 fully saturated rings. The molecule has 1 aliphatic carbocycles. The van der Waals surface area contributed by atoms with Gasteiger partial charge in [0.15, 0.2) is 0 Å². The largest absolute Gasteiger partial charge is 0.443 e. The quantitative estimate of drug-likeness (QED) is 0.891. The third kappa shape index (κ3) is 3.92. The summed E-state index contributed by atoms with van der Waals surface area (Å²) in [5.41, 5.74) is 5.13. The summed E-state index contributed by atoms with van der Waals surface area (Å²) in [6, 6.07) is 5.87. The first kappa shape index (κ1) is 17.1. The number of nitrogens with one attached hydrogen (secondary N) is 1. The number of pyridine rings is 1. The van der Waals surface area contributed by atoms with Crippen molar-refractivity contribution in [1.82, 2.24) is 4.98 Å². The van der Waals surface area contributed by atoms with Crippen LogP contribution in [0.2, 0.25) is 0 Å². The molecule has 124 valence electrons. The van der Waals surface area contributed by atoms with Crippen molar-refractivity contribution in [2.24, 2.45) is 11.1 Å². The zero-order chi connectivity index (χ0) is 17.1. The summed E-state index contributed by atoms with van der Waals surface area (Å²) in [7, 11) is 0. The van der Waals surface area contributed by atoms with Crippen LogP contribution in [0.1, 0.15) is 52.0 Å². The molecule has 1 heterocycles. The van der Waals surface area contributed by atoms with E-state index in [4.69, 9.17) is 15.7 Å². The van der Waals surface area contributed by atoms with E-state index in [-0.39, 0.29) is 11.5 Å². The van der Waals surface area contributed by atoms with Crippen LogP contribution in [0.15, 0.2) is 18.3 Å². The van der Waals surface area contributed by atoms with Gasteiger partial charge in [-0.05, 0) is 37.8 Å². The Labute approximate surface area is 137 Å². The molecule has 0 unspecified atom stereocenters. The Hall–Kier alpha value is -2.29. The Morgan fingerprint density at radius 2 is 2.09 bits per heavy atom. The number of anilines is 1. The fourth-order valence-corrected chi connectivity index (χ4v) is 3.18. The molecule has 1 saturated carbocycles. The zero-order valence-electron chi connectivity index (χ0n) is 13.9. The van der Waals surface area contributed by atoms with Crippen LogP contribution in [0.3, 0.4) is 0 Å². The molecule has 0 bridgehead atoms. The first-order chi connectivity index (χ1) is 10.8. The van der Waals surface area contributed by atoms with Crippen LogP contribution in [0.5, 0.6) is 0 Å². The second kappa shape index (κ2) is 6.45.